The smallest absolute Gasteiger partial charge is 0.228 e. The molecule has 0 aromatic heterocycles. The molecule has 1 N–H and O–H groups in total. The van der Waals surface area contributed by atoms with Gasteiger partial charge in [-0.05, 0) is 57.9 Å². The normalized spacial score (nSPS) is 17.8. The Hall–Kier alpha value is -3.39. The van der Waals surface area contributed by atoms with Crippen LogP contribution in [0.2, 0.25) is 0 Å². The fourth-order valence-electron chi connectivity index (χ4n) is 4.27. The highest BCUT2D eigenvalue weighted by molar-refractivity contribution is 5.96. The molecule has 1 aliphatic rings. The highest BCUT2D eigenvalue weighted by Crippen LogP contribution is 2.54. The van der Waals surface area contributed by atoms with E-state index in [1.165, 1.54) is 22.9 Å². The van der Waals surface area contributed by atoms with Gasteiger partial charge in [-0.25, -0.2) is 0 Å². The maximum Gasteiger partial charge on any atom is 0.228 e. The van der Waals surface area contributed by atoms with E-state index in [1.807, 2.05) is 36.4 Å². The predicted molar refractivity (Wildman–Crippen MR) is 119 cm³/mol. The van der Waals surface area contributed by atoms with E-state index in [0.717, 1.165) is 16.6 Å². The van der Waals surface area contributed by atoms with Crippen LogP contribution in [-0.2, 0) is 11.2 Å². The van der Waals surface area contributed by atoms with Crippen molar-refractivity contribution in [1.29, 1.82) is 0 Å². The standard InChI is InChI=1S/C27H23NO/c29-27(17-22-11-6-10-19-9-4-5-12-24(19)22)28-23-15-13-21(14-16-23)26-18-25(26)20-7-2-1-3-8-20/h1-16,25-26H,17-18H2,(H,28,29)/t25-,26+/m1/s1. The number of fused-ring (bicyclic) bond motifs is 1. The molecule has 1 amide bonds. The summed E-state index contributed by atoms with van der Waals surface area (Å²) in [6.07, 6.45) is 1.58. The number of benzene rings is 4. The number of carbonyl (C=O) groups is 1. The molecule has 0 radical (unpaired) electrons. The predicted octanol–water partition coefficient (Wildman–Crippen LogP) is 6.29. The van der Waals surface area contributed by atoms with Crippen LogP contribution in [0, 0.1) is 0 Å². The SMILES string of the molecule is O=C(Cc1cccc2ccccc12)Nc1ccc([C@@H]2C[C@@H]2c2ccccc2)cc1. The average Bonchev–Trinajstić information content (AvgIpc) is 3.56. The zero-order valence-corrected chi connectivity index (χ0v) is 16.2. The molecule has 1 saturated carbocycles. The van der Waals surface area contributed by atoms with Crippen molar-refractivity contribution in [2.24, 2.45) is 0 Å². The summed E-state index contributed by atoms with van der Waals surface area (Å²) in [5, 5.41) is 5.35. The van der Waals surface area contributed by atoms with Crippen molar-refractivity contribution >= 4 is 22.4 Å². The van der Waals surface area contributed by atoms with E-state index in [4.69, 9.17) is 0 Å². The summed E-state index contributed by atoms with van der Waals surface area (Å²) in [5.74, 6) is 1.24. The van der Waals surface area contributed by atoms with E-state index in [9.17, 15) is 4.79 Å². The number of carbonyl (C=O) groups excluding carboxylic acids is 1. The fraction of sp³-hybridized carbons (Fsp3) is 0.148. The summed E-state index contributed by atoms with van der Waals surface area (Å²) in [7, 11) is 0. The van der Waals surface area contributed by atoms with Gasteiger partial charge in [0.15, 0.2) is 0 Å². The third-order valence-corrected chi connectivity index (χ3v) is 5.87. The van der Waals surface area contributed by atoms with E-state index >= 15 is 0 Å². The van der Waals surface area contributed by atoms with Crippen LogP contribution in [-0.4, -0.2) is 5.91 Å². The van der Waals surface area contributed by atoms with E-state index in [0.29, 0.717) is 18.3 Å². The molecule has 142 valence electrons. The van der Waals surface area contributed by atoms with Crippen LogP contribution in [0.1, 0.15) is 34.9 Å². The van der Waals surface area contributed by atoms with Crippen molar-refractivity contribution in [3.05, 3.63) is 114 Å². The minimum atomic E-state index is 0.0164. The van der Waals surface area contributed by atoms with Crippen LogP contribution in [0.3, 0.4) is 0 Å². The molecule has 0 saturated heterocycles. The molecule has 5 rings (SSSR count). The lowest BCUT2D eigenvalue weighted by atomic mass is 10.0. The van der Waals surface area contributed by atoms with Crippen molar-refractivity contribution in [3.8, 4) is 0 Å². The van der Waals surface area contributed by atoms with Crippen LogP contribution in [0.15, 0.2) is 97.1 Å². The van der Waals surface area contributed by atoms with Gasteiger partial charge in [0.25, 0.3) is 0 Å². The zero-order valence-electron chi connectivity index (χ0n) is 16.2. The first-order valence-corrected chi connectivity index (χ1v) is 10.2. The second-order valence-electron chi connectivity index (χ2n) is 7.84. The number of rotatable bonds is 5. The Labute approximate surface area is 171 Å². The summed E-state index contributed by atoms with van der Waals surface area (Å²) >= 11 is 0. The Balaban J connectivity index is 1.24. The van der Waals surface area contributed by atoms with Gasteiger partial charge in [-0.3, -0.25) is 4.79 Å². The number of hydrogen-bond acceptors (Lipinski definition) is 1. The molecule has 1 aliphatic carbocycles. The van der Waals surface area contributed by atoms with E-state index in [-0.39, 0.29) is 5.91 Å². The first kappa shape index (κ1) is 17.7. The maximum atomic E-state index is 12.6. The molecule has 0 aliphatic heterocycles. The number of anilines is 1. The van der Waals surface area contributed by atoms with E-state index in [2.05, 4.69) is 66.0 Å². The molecular formula is C27H23NO. The number of amides is 1. The Morgan fingerprint density at radius 3 is 2.17 bits per heavy atom. The lowest BCUT2D eigenvalue weighted by molar-refractivity contribution is -0.115. The quantitative estimate of drug-likeness (QED) is 0.435. The van der Waals surface area contributed by atoms with Crippen LogP contribution in [0.4, 0.5) is 5.69 Å². The Morgan fingerprint density at radius 1 is 0.724 bits per heavy atom. The Morgan fingerprint density at radius 2 is 1.38 bits per heavy atom. The molecule has 0 bridgehead atoms. The largest absolute Gasteiger partial charge is 0.326 e. The van der Waals surface area contributed by atoms with Gasteiger partial charge < -0.3 is 5.32 Å². The highest BCUT2D eigenvalue weighted by Gasteiger charge is 2.39. The highest BCUT2D eigenvalue weighted by atomic mass is 16.1. The minimum Gasteiger partial charge on any atom is -0.326 e. The summed E-state index contributed by atoms with van der Waals surface area (Å²) < 4.78 is 0. The molecular weight excluding hydrogens is 354 g/mol. The summed E-state index contributed by atoms with van der Waals surface area (Å²) in [4.78, 5) is 12.6. The molecule has 4 aromatic carbocycles. The molecule has 0 heterocycles. The summed E-state index contributed by atoms with van der Waals surface area (Å²) in [6.45, 7) is 0. The van der Waals surface area contributed by atoms with Gasteiger partial charge in [-0.15, -0.1) is 0 Å². The lowest BCUT2D eigenvalue weighted by Crippen LogP contribution is -2.14. The Kier molecular flexibility index (Phi) is 4.61. The fourth-order valence-corrected chi connectivity index (χ4v) is 4.27. The molecule has 4 aromatic rings. The van der Waals surface area contributed by atoms with Gasteiger partial charge >= 0.3 is 0 Å². The number of nitrogens with one attached hydrogen (secondary N) is 1. The summed E-state index contributed by atoms with van der Waals surface area (Å²) in [6, 6.07) is 33.4. The summed E-state index contributed by atoms with van der Waals surface area (Å²) in [5.41, 5.74) is 4.69. The maximum absolute atomic E-state index is 12.6. The third kappa shape index (κ3) is 3.79. The van der Waals surface area contributed by atoms with Gasteiger partial charge in [0.1, 0.15) is 0 Å². The van der Waals surface area contributed by atoms with E-state index in [1.54, 1.807) is 0 Å². The van der Waals surface area contributed by atoms with Crippen LogP contribution >= 0.6 is 0 Å². The lowest BCUT2D eigenvalue weighted by Gasteiger charge is -2.09. The van der Waals surface area contributed by atoms with Crippen molar-refractivity contribution in [1.82, 2.24) is 0 Å². The van der Waals surface area contributed by atoms with Gasteiger partial charge in [0.2, 0.25) is 5.91 Å². The molecule has 0 unspecified atom stereocenters. The zero-order chi connectivity index (χ0) is 19.6. The minimum absolute atomic E-state index is 0.0164. The number of hydrogen-bond donors (Lipinski definition) is 1. The molecule has 2 nitrogen and oxygen atoms in total. The second-order valence-corrected chi connectivity index (χ2v) is 7.84. The average molecular weight is 377 g/mol. The van der Waals surface area contributed by atoms with Crippen LogP contribution < -0.4 is 5.32 Å². The van der Waals surface area contributed by atoms with Crippen molar-refractivity contribution in [3.63, 3.8) is 0 Å². The Bertz CT molecular complexity index is 1140. The second kappa shape index (κ2) is 7.56. The van der Waals surface area contributed by atoms with E-state index < -0.39 is 0 Å². The monoisotopic (exact) mass is 377 g/mol. The first-order valence-electron chi connectivity index (χ1n) is 10.2. The molecule has 2 heteroatoms. The van der Waals surface area contributed by atoms with Crippen LogP contribution in [0.5, 0.6) is 0 Å². The van der Waals surface area contributed by atoms with Gasteiger partial charge in [-0.2, -0.15) is 0 Å². The van der Waals surface area contributed by atoms with Crippen molar-refractivity contribution < 1.29 is 4.79 Å². The molecule has 0 spiro atoms. The van der Waals surface area contributed by atoms with Gasteiger partial charge in [0, 0.05) is 5.69 Å². The topological polar surface area (TPSA) is 29.1 Å². The molecule has 1 fully saturated rings. The first-order chi connectivity index (χ1) is 14.3. The van der Waals surface area contributed by atoms with Crippen molar-refractivity contribution in [2.45, 2.75) is 24.7 Å². The third-order valence-electron chi connectivity index (χ3n) is 5.87. The van der Waals surface area contributed by atoms with Crippen molar-refractivity contribution in [2.75, 3.05) is 5.32 Å². The molecule has 29 heavy (non-hydrogen) atoms. The van der Waals surface area contributed by atoms with Crippen LogP contribution in [0.25, 0.3) is 10.8 Å². The molecule has 2 atom stereocenters. The van der Waals surface area contributed by atoms with Gasteiger partial charge in [-0.1, -0.05) is 84.9 Å². The van der Waals surface area contributed by atoms with Gasteiger partial charge in [0.05, 0.1) is 6.42 Å².